The minimum atomic E-state index is -0.582. The van der Waals surface area contributed by atoms with Gasteiger partial charge in [0, 0.05) is 48.0 Å². The Bertz CT molecular complexity index is 3300. The van der Waals surface area contributed by atoms with Crippen LogP contribution >= 0.6 is 11.3 Å². The topological polar surface area (TPSA) is 16.4 Å². The summed E-state index contributed by atoms with van der Waals surface area (Å²) >= 11 is 1.86. The van der Waals surface area contributed by atoms with Gasteiger partial charge in [-0.25, -0.2) is 0 Å². The molecular weight excluding hydrogens is 723 g/mol. The molecule has 272 valence electrons. The van der Waals surface area contributed by atoms with E-state index in [4.69, 9.17) is 4.42 Å². The number of para-hydroxylation sites is 2. The van der Waals surface area contributed by atoms with Gasteiger partial charge in [0.1, 0.15) is 11.2 Å². The van der Waals surface area contributed by atoms with Crippen molar-refractivity contribution in [2.24, 2.45) is 0 Å². The molecule has 58 heavy (non-hydrogen) atoms. The predicted molar refractivity (Wildman–Crippen MR) is 244 cm³/mol. The summed E-state index contributed by atoms with van der Waals surface area (Å²) in [7, 11) is 0. The fourth-order valence-electron chi connectivity index (χ4n) is 9.58. The summed E-state index contributed by atoms with van der Waals surface area (Å²) in [6.45, 7) is 0. The van der Waals surface area contributed by atoms with Gasteiger partial charge in [0.15, 0.2) is 0 Å². The van der Waals surface area contributed by atoms with Crippen molar-refractivity contribution in [1.82, 2.24) is 0 Å². The molecular formula is C55H35NOS. The molecule has 12 rings (SSSR count). The van der Waals surface area contributed by atoms with E-state index in [9.17, 15) is 0 Å². The fourth-order valence-corrected chi connectivity index (χ4v) is 10.7. The van der Waals surface area contributed by atoms with Crippen molar-refractivity contribution < 1.29 is 4.42 Å². The highest BCUT2D eigenvalue weighted by atomic mass is 32.1. The van der Waals surface area contributed by atoms with Crippen molar-refractivity contribution in [1.29, 1.82) is 0 Å². The monoisotopic (exact) mass is 757 g/mol. The van der Waals surface area contributed by atoms with E-state index in [2.05, 4.69) is 205 Å². The van der Waals surface area contributed by atoms with Crippen LogP contribution in [0.4, 0.5) is 17.1 Å². The number of rotatable bonds is 6. The molecule has 0 aliphatic heterocycles. The highest BCUT2D eigenvalue weighted by Gasteiger charge is 2.46. The summed E-state index contributed by atoms with van der Waals surface area (Å²) < 4.78 is 8.84. The molecule has 2 nitrogen and oxygen atoms in total. The van der Waals surface area contributed by atoms with Crippen LogP contribution in [-0.2, 0) is 5.41 Å². The summed E-state index contributed by atoms with van der Waals surface area (Å²) in [5.41, 5.74) is 14.5. The Morgan fingerprint density at radius 1 is 0.362 bits per heavy atom. The smallest absolute Gasteiger partial charge is 0.135 e. The van der Waals surface area contributed by atoms with Crippen molar-refractivity contribution >= 4 is 70.5 Å². The Morgan fingerprint density at radius 2 is 0.914 bits per heavy atom. The van der Waals surface area contributed by atoms with Crippen LogP contribution in [0.15, 0.2) is 217 Å². The molecule has 1 aliphatic rings. The lowest BCUT2D eigenvalue weighted by Gasteiger charge is -2.35. The van der Waals surface area contributed by atoms with Gasteiger partial charge in [-0.3, -0.25) is 0 Å². The normalized spacial score (nSPS) is 13.0. The number of benzene rings is 9. The van der Waals surface area contributed by atoms with Gasteiger partial charge in [0.05, 0.1) is 5.41 Å². The number of thiophene rings is 1. The van der Waals surface area contributed by atoms with E-state index in [-0.39, 0.29) is 0 Å². The van der Waals surface area contributed by atoms with Crippen LogP contribution in [0, 0.1) is 0 Å². The maximum absolute atomic E-state index is 6.24. The van der Waals surface area contributed by atoms with Crippen LogP contribution in [0.2, 0.25) is 0 Å². The maximum Gasteiger partial charge on any atom is 0.135 e. The predicted octanol–water partition coefficient (Wildman–Crippen LogP) is 15.5. The quantitative estimate of drug-likeness (QED) is 0.168. The Labute approximate surface area is 340 Å². The highest BCUT2D eigenvalue weighted by molar-refractivity contribution is 7.25. The molecule has 0 N–H and O–H groups in total. The molecule has 0 atom stereocenters. The molecule has 0 saturated heterocycles. The van der Waals surface area contributed by atoms with Gasteiger partial charge in [0.2, 0.25) is 0 Å². The third-order valence-corrected chi connectivity index (χ3v) is 13.3. The van der Waals surface area contributed by atoms with Crippen LogP contribution in [-0.4, -0.2) is 0 Å². The van der Waals surface area contributed by atoms with Crippen LogP contribution in [0.5, 0.6) is 0 Å². The fraction of sp³-hybridized carbons (Fsp3) is 0.0182. The second kappa shape index (κ2) is 12.9. The van der Waals surface area contributed by atoms with Crippen molar-refractivity contribution in [3.8, 4) is 22.3 Å². The van der Waals surface area contributed by atoms with E-state index in [0.717, 1.165) is 39.0 Å². The molecule has 3 heteroatoms. The molecule has 0 amide bonds. The van der Waals surface area contributed by atoms with Gasteiger partial charge < -0.3 is 9.32 Å². The van der Waals surface area contributed by atoms with E-state index in [1.54, 1.807) is 0 Å². The maximum atomic E-state index is 6.24. The molecule has 9 aromatic carbocycles. The number of furan rings is 1. The lowest BCUT2D eigenvalue weighted by Crippen LogP contribution is -2.28. The first-order valence-electron chi connectivity index (χ1n) is 19.8. The van der Waals surface area contributed by atoms with Gasteiger partial charge in [-0.15, -0.1) is 11.3 Å². The Balaban J connectivity index is 1.10. The second-order valence-corrected chi connectivity index (χ2v) is 16.3. The number of nitrogens with zero attached hydrogens (tertiary/aromatic N) is 1. The zero-order chi connectivity index (χ0) is 38.2. The molecule has 1 aliphatic carbocycles. The standard InChI is InChI=1S/C55H35NOS/c1-4-14-38(15-5-1)55(39-16-6-2-7-17-39)49-33-37(36-25-30-52-47(32-36)45-20-10-12-22-51(45)57-52)24-28-43(49)44-29-26-42(35-50(44)55)56(40-18-8-3-9-19-40)41-27-31-54-48(34-41)46-21-11-13-23-53(46)58-54/h1-35H. The average molecular weight is 758 g/mol. The zero-order valence-electron chi connectivity index (χ0n) is 31.5. The van der Waals surface area contributed by atoms with Crippen LogP contribution < -0.4 is 4.90 Å². The first kappa shape index (κ1) is 33.0. The molecule has 0 fully saturated rings. The van der Waals surface area contributed by atoms with E-state index in [1.807, 2.05) is 23.5 Å². The lowest BCUT2D eigenvalue weighted by molar-refractivity contribution is 0.669. The SMILES string of the molecule is c1ccc(N(c2ccc3c(c2)C(c2ccccc2)(c2ccccc2)c2cc(-c4ccc5oc6ccccc6c5c4)ccc2-3)c2ccc3sc4ccccc4c3c2)cc1. The second-order valence-electron chi connectivity index (χ2n) is 15.2. The molecule has 0 spiro atoms. The first-order chi connectivity index (χ1) is 28.7. The van der Waals surface area contributed by atoms with Gasteiger partial charge in [0.25, 0.3) is 0 Å². The molecule has 0 radical (unpaired) electrons. The summed E-state index contributed by atoms with van der Waals surface area (Å²) in [6, 6.07) is 77.8. The van der Waals surface area contributed by atoms with E-state index < -0.39 is 5.41 Å². The van der Waals surface area contributed by atoms with Crippen molar-refractivity contribution in [2.75, 3.05) is 4.90 Å². The highest BCUT2D eigenvalue weighted by Crippen LogP contribution is 2.58. The summed E-state index contributed by atoms with van der Waals surface area (Å²) in [5, 5.41) is 4.85. The van der Waals surface area contributed by atoms with Gasteiger partial charge in [-0.1, -0.05) is 140 Å². The van der Waals surface area contributed by atoms with Gasteiger partial charge >= 0.3 is 0 Å². The first-order valence-corrected chi connectivity index (χ1v) is 20.6. The Kier molecular flexibility index (Phi) is 7.35. The molecule has 11 aromatic rings. The third kappa shape index (κ3) is 4.90. The van der Waals surface area contributed by atoms with Gasteiger partial charge in [-0.2, -0.15) is 0 Å². The number of hydrogen-bond donors (Lipinski definition) is 0. The van der Waals surface area contributed by atoms with Crippen LogP contribution in [0.25, 0.3) is 64.4 Å². The van der Waals surface area contributed by atoms with E-state index in [0.29, 0.717) is 0 Å². The Hall–Kier alpha value is -7.20. The van der Waals surface area contributed by atoms with Gasteiger partial charge in [-0.05, 0) is 117 Å². The number of hydrogen-bond acceptors (Lipinski definition) is 3. The molecule has 0 bridgehead atoms. The van der Waals surface area contributed by atoms with E-state index in [1.165, 1.54) is 64.7 Å². The summed E-state index contributed by atoms with van der Waals surface area (Å²) in [6.07, 6.45) is 0. The zero-order valence-corrected chi connectivity index (χ0v) is 32.3. The molecule has 2 heterocycles. The third-order valence-electron chi connectivity index (χ3n) is 12.1. The van der Waals surface area contributed by atoms with Crippen molar-refractivity contribution in [3.05, 3.63) is 235 Å². The Morgan fingerprint density at radius 3 is 1.69 bits per heavy atom. The van der Waals surface area contributed by atoms with Crippen molar-refractivity contribution in [2.45, 2.75) is 5.41 Å². The average Bonchev–Trinajstić information content (AvgIpc) is 3.95. The lowest BCUT2D eigenvalue weighted by atomic mass is 9.67. The largest absolute Gasteiger partial charge is 0.456 e. The minimum Gasteiger partial charge on any atom is -0.456 e. The van der Waals surface area contributed by atoms with Crippen molar-refractivity contribution in [3.63, 3.8) is 0 Å². The summed E-state index contributed by atoms with van der Waals surface area (Å²) in [4.78, 5) is 2.42. The minimum absolute atomic E-state index is 0.582. The molecule has 2 aromatic heterocycles. The molecule has 0 unspecified atom stereocenters. The summed E-state index contributed by atoms with van der Waals surface area (Å²) in [5.74, 6) is 0. The number of anilines is 3. The number of fused-ring (bicyclic) bond motifs is 9. The molecule has 0 saturated carbocycles. The van der Waals surface area contributed by atoms with Crippen LogP contribution in [0.1, 0.15) is 22.3 Å². The van der Waals surface area contributed by atoms with Crippen LogP contribution in [0.3, 0.4) is 0 Å². The van der Waals surface area contributed by atoms with E-state index >= 15 is 0 Å².